The first kappa shape index (κ1) is 15.9. The van der Waals surface area contributed by atoms with Gasteiger partial charge in [-0.15, -0.1) is 0 Å². The van der Waals surface area contributed by atoms with Crippen molar-refractivity contribution in [3.63, 3.8) is 0 Å². The second-order valence-corrected chi connectivity index (χ2v) is 5.67. The molecule has 0 unspecified atom stereocenters. The number of carbonyl (C=O) groups is 3. The van der Waals surface area contributed by atoms with Crippen LogP contribution in [-0.2, 0) is 11.3 Å². The summed E-state index contributed by atoms with van der Waals surface area (Å²) in [6, 6.07) is 16.4. The molecule has 1 N–H and O–H groups in total. The molecule has 2 aromatic carbocycles. The lowest BCUT2D eigenvalue weighted by Crippen LogP contribution is -2.32. The molecule has 122 valence electrons. The second kappa shape index (κ2) is 7.08. The van der Waals surface area contributed by atoms with Crippen molar-refractivity contribution < 1.29 is 14.4 Å². The number of rotatable bonds is 6. The molecular weight excluding hydrogens is 304 g/mol. The largest absolute Gasteiger partial charge is 0.352 e. The number of imide groups is 1. The molecule has 1 aliphatic heterocycles. The monoisotopic (exact) mass is 322 g/mol. The van der Waals surface area contributed by atoms with E-state index in [1.165, 1.54) is 4.90 Å². The first-order valence-corrected chi connectivity index (χ1v) is 7.92. The molecule has 0 radical (unpaired) electrons. The standard InChI is InChI=1S/C19H18N2O3/c22-17(20-13-14-7-2-1-3-8-14)11-6-12-21-18(23)15-9-4-5-10-16(15)19(21)24/h1-5,7-10H,6,11-13H2,(H,20,22). The molecule has 2 aromatic rings. The van der Waals surface area contributed by atoms with Crippen LogP contribution in [0.3, 0.4) is 0 Å². The van der Waals surface area contributed by atoms with E-state index >= 15 is 0 Å². The van der Waals surface area contributed by atoms with Crippen molar-refractivity contribution >= 4 is 17.7 Å². The van der Waals surface area contributed by atoms with E-state index in [9.17, 15) is 14.4 Å². The molecule has 0 saturated carbocycles. The van der Waals surface area contributed by atoms with Gasteiger partial charge in [-0.05, 0) is 24.1 Å². The lowest BCUT2D eigenvalue weighted by Gasteiger charge is -2.13. The minimum absolute atomic E-state index is 0.0875. The predicted octanol–water partition coefficient (Wildman–Crippen LogP) is 2.38. The fourth-order valence-electron chi connectivity index (χ4n) is 2.72. The average Bonchev–Trinajstić information content (AvgIpc) is 2.86. The first-order valence-electron chi connectivity index (χ1n) is 7.92. The fraction of sp³-hybridized carbons (Fsp3) is 0.211. The van der Waals surface area contributed by atoms with Gasteiger partial charge in [0.2, 0.25) is 5.91 Å². The number of fused-ring (bicyclic) bond motifs is 1. The summed E-state index contributed by atoms with van der Waals surface area (Å²) in [5.41, 5.74) is 1.92. The number of hydrogen-bond acceptors (Lipinski definition) is 3. The van der Waals surface area contributed by atoms with Crippen molar-refractivity contribution in [2.24, 2.45) is 0 Å². The highest BCUT2D eigenvalue weighted by atomic mass is 16.2. The van der Waals surface area contributed by atoms with Gasteiger partial charge in [0, 0.05) is 19.5 Å². The molecule has 24 heavy (non-hydrogen) atoms. The Morgan fingerprint density at radius 3 is 2.08 bits per heavy atom. The SMILES string of the molecule is O=C(CCCN1C(=O)c2ccccc2C1=O)NCc1ccccc1. The van der Waals surface area contributed by atoms with E-state index in [1.54, 1.807) is 24.3 Å². The molecule has 0 fully saturated rings. The summed E-state index contributed by atoms with van der Waals surface area (Å²) in [6.45, 7) is 0.734. The summed E-state index contributed by atoms with van der Waals surface area (Å²) >= 11 is 0. The zero-order chi connectivity index (χ0) is 16.9. The molecule has 1 aliphatic rings. The van der Waals surface area contributed by atoms with E-state index in [0.717, 1.165) is 5.56 Å². The van der Waals surface area contributed by atoms with Crippen molar-refractivity contribution in [1.82, 2.24) is 10.2 Å². The van der Waals surface area contributed by atoms with E-state index in [4.69, 9.17) is 0 Å². The molecule has 0 spiro atoms. The van der Waals surface area contributed by atoms with Gasteiger partial charge in [0.25, 0.3) is 11.8 Å². The Bertz CT molecular complexity index is 736. The number of hydrogen-bond donors (Lipinski definition) is 1. The van der Waals surface area contributed by atoms with Crippen LogP contribution < -0.4 is 5.32 Å². The fourth-order valence-corrected chi connectivity index (χ4v) is 2.72. The van der Waals surface area contributed by atoms with Gasteiger partial charge in [0.1, 0.15) is 0 Å². The van der Waals surface area contributed by atoms with Gasteiger partial charge in [0.05, 0.1) is 11.1 Å². The maximum atomic E-state index is 12.2. The van der Waals surface area contributed by atoms with Gasteiger partial charge in [-0.1, -0.05) is 42.5 Å². The number of benzene rings is 2. The lowest BCUT2D eigenvalue weighted by molar-refractivity contribution is -0.121. The third kappa shape index (κ3) is 3.35. The Hall–Kier alpha value is -2.95. The van der Waals surface area contributed by atoms with Gasteiger partial charge < -0.3 is 5.32 Å². The summed E-state index contributed by atoms with van der Waals surface area (Å²) in [5.74, 6) is -0.643. The van der Waals surface area contributed by atoms with Crippen LogP contribution in [0.4, 0.5) is 0 Å². The maximum Gasteiger partial charge on any atom is 0.261 e. The van der Waals surface area contributed by atoms with Gasteiger partial charge in [-0.25, -0.2) is 0 Å². The molecule has 0 aromatic heterocycles. The number of amides is 3. The van der Waals surface area contributed by atoms with Gasteiger partial charge in [0.15, 0.2) is 0 Å². The molecule has 0 atom stereocenters. The van der Waals surface area contributed by atoms with Crippen molar-refractivity contribution in [3.8, 4) is 0 Å². The number of carbonyl (C=O) groups excluding carboxylic acids is 3. The molecule has 5 nitrogen and oxygen atoms in total. The minimum Gasteiger partial charge on any atom is -0.352 e. The average molecular weight is 322 g/mol. The summed E-state index contributed by atoms with van der Waals surface area (Å²) in [5, 5.41) is 2.84. The quantitative estimate of drug-likeness (QED) is 0.830. The molecule has 1 heterocycles. The van der Waals surface area contributed by atoms with Crippen molar-refractivity contribution in [2.45, 2.75) is 19.4 Å². The van der Waals surface area contributed by atoms with Crippen LogP contribution >= 0.6 is 0 Å². The number of nitrogens with one attached hydrogen (secondary N) is 1. The Labute approximate surface area is 140 Å². The van der Waals surface area contributed by atoms with Crippen LogP contribution in [0.5, 0.6) is 0 Å². The minimum atomic E-state index is -0.278. The summed E-state index contributed by atoms with van der Waals surface area (Å²) in [4.78, 5) is 37.5. The van der Waals surface area contributed by atoms with Gasteiger partial charge >= 0.3 is 0 Å². The Morgan fingerprint density at radius 1 is 0.875 bits per heavy atom. The topological polar surface area (TPSA) is 66.5 Å². The first-order chi connectivity index (χ1) is 11.7. The molecule has 3 rings (SSSR count). The normalized spacial score (nSPS) is 13.1. The summed E-state index contributed by atoms with van der Waals surface area (Å²) in [7, 11) is 0. The Morgan fingerprint density at radius 2 is 1.46 bits per heavy atom. The second-order valence-electron chi connectivity index (χ2n) is 5.67. The highest BCUT2D eigenvalue weighted by Crippen LogP contribution is 2.22. The van der Waals surface area contributed by atoms with E-state index in [-0.39, 0.29) is 30.7 Å². The highest BCUT2D eigenvalue weighted by molar-refractivity contribution is 6.21. The summed E-state index contributed by atoms with van der Waals surface area (Å²) in [6.07, 6.45) is 0.729. The highest BCUT2D eigenvalue weighted by Gasteiger charge is 2.34. The predicted molar refractivity (Wildman–Crippen MR) is 89.3 cm³/mol. The lowest BCUT2D eigenvalue weighted by atomic mass is 10.1. The molecule has 5 heteroatoms. The Kier molecular flexibility index (Phi) is 4.70. The van der Waals surface area contributed by atoms with Gasteiger partial charge in [-0.3, -0.25) is 19.3 Å². The van der Waals surface area contributed by atoms with Crippen LogP contribution in [-0.4, -0.2) is 29.2 Å². The van der Waals surface area contributed by atoms with Crippen molar-refractivity contribution in [3.05, 3.63) is 71.3 Å². The smallest absolute Gasteiger partial charge is 0.261 e. The zero-order valence-electron chi connectivity index (χ0n) is 13.2. The van der Waals surface area contributed by atoms with Gasteiger partial charge in [-0.2, -0.15) is 0 Å². The third-order valence-corrected chi connectivity index (χ3v) is 4.00. The van der Waals surface area contributed by atoms with Crippen LogP contribution in [0.15, 0.2) is 54.6 Å². The molecule has 0 aliphatic carbocycles. The van der Waals surface area contributed by atoms with Crippen LogP contribution in [0.1, 0.15) is 39.1 Å². The number of nitrogens with zero attached hydrogens (tertiary/aromatic N) is 1. The van der Waals surface area contributed by atoms with Crippen LogP contribution in [0.25, 0.3) is 0 Å². The van der Waals surface area contributed by atoms with E-state index in [2.05, 4.69) is 5.32 Å². The van der Waals surface area contributed by atoms with E-state index < -0.39 is 0 Å². The molecule has 0 bridgehead atoms. The van der Waals surface area contributed by atoms with E-state index in [1.807, 2.05) is 30.3 Å². The molecular formula is C19H18N2O3. The van der Waals surface area contributed by atoms with Crippen molar-refractivity contribution in [2.75, 3.05) is 6.54 Å². The molecule has 3 amide bonds. The maximum absolute atomic E-state index is 12.2. The zero-order valence-corrected chi connectivity index (χ0v) is 13.2. The third-order valence-electron chi connectivity index (χ3n) is 4.00. The molecule has 0 saturated heterocycles. The van der Waals surface area contributed by atoms with Crippen molar-refractivity contribution in [1.29, 1.82) is 0 Å². The van der Waals surface area contributed by atoms with Crippen LogP contribution in [0, 0.1) is 0 Å². The Balaban J connectivity index is 1.46. The summed E-state index contributed by atoms with van der Waals surface area (Å²) < 4.78 is 0. The van der Waals surface area contributed by atoms with E-state index in [0.29, 0.717) is 24.1 Å². The van der Waals surface area contributed by atoms with Crippen LogP contribution in [0.2, 0.25) is 0 Å².